The lowest BCUT2D eigenvalue weighted by Crippen LogP contribution is -1.96. The molecule has 168 valence electrons. The number of para-hydroxylation sites is 3. The molecule has 0 aliphatic heterocycles. The van der Waals surface area contributed by atoms with Gasteiger partial charge in [-0.1, -0.05) is 68.4 Å². The average Bonchev–Trinajstić information content (AvgIpc) is 3.45. The highest BCUT2D eigenvalue weighted by molar-refractivity contribution is 6.16. The lowest BCUT2D eigenvalue weighted by molar-refractivity contribution is 0.669. The Kier molecular flexibility index (Phi) is 4.34. The van der Waals surface area contributed by atoms with Crippen LogP contribution >= 0.6 is 0 Å². The summed E-state index contributed by atoms with van der Waals surface area (Å²) in [7, 11) is 0. The van der Waals surface area contributed by atoms with E-state index in [1.807, 2.05) is 18.3 Å². The van der Waals surface area contributed by atoms with Crippen molar-refractivity contribution in [3.63, 3.8) is 0 Å². The Morgan fingerprint density at radius 3 is 2.09 bits per heavy atom. The standard InChI is InChI=1S/C32H24N2O/c1-20(2)21-17-18-33-26(19-21)24-15-16-29(31-25-11-5-8-14-30(25)35-32(24)31)34-27-12-6-3-9-22(27)23-10-4-7-13-28(23)34/h3-20H,1-2H3. The van der Waals surface area contributed by atoms with E-state index < -0.39 is 0 Å². The van der Waals surface area contributed by atoms with Gasteiger partial charge in [0.15, 0.2) is 0 Å². The molecule has 0 amide bonds. The molecule has 3 heteroatoms. The number of aromatic nitrogens is 2. The Bertz CT molecular complexity index is 1830. The minimum Gasteiger partial charge on any atom is -0.455 e. The summed E-state index contributed by atoms with van der Waals surface area (Å²) in [6.45, 7) is 4.42. The fourth-order valence-corrected chi connectivity index (χ4v) is 5.33. The number of fused-ring (bicyclic) bond motifs is 6. The molecule has 35 heavy (non-hydrogen) atoms. The molecule has 4 aromatic carbocycles. The van der Waals surface area contributed by atoms with Gasteiger partial charge in [-0.3, -0.25) is 4.98 Å². The van der Waals surface area contributed by atoms with Gasteiger partial charge in [0, 0.05) is 27.9 Å². The van der Waals surface area contributed by atoms with Gasteiger partial charge in [-0.2, -0.15) is 0 Å². The molecule has 7 rings (SSSR count). The smallest absolute Gasteiger partial charge is 0.146 e. The van der Waals surface area contributed by atoms with Crippen molar-refractivity contribution in [3.8, 4) is 16.9 Å². The maximum absolute atomic E-state index is 6.55. The van der Waals surface area contributed by atoms with Gasteiger partial charge in [-0.25, -0.2) is 0 Å². The fourth-order valence-electron chi connectivity index (χ4n) is 5.33. The molecular weight excluding hydrogens is 428 g/mol. The molecule has 0 N–H and O–H groups in total. The van der Waals surface area contributed by atoms with E-state index in [0.29, 0.717) is 5.92 Å². The van der Waals surface area contributed by atoms with Gasteiger partial charge in [-0.05, 0) is 53.9 Å². The van der Waals surface area contributed by atoms with Crippen LogP contribution in [0.25, 0.3) is 60.7 Å². The van der Waals surface area contributed by atoms with E-state index in [4.69, 9.17) is 9.40 Å². The minimum atomic E-state index is 0.430. The van der Waals surface area contributed by atoms with Crippen LogP contribution in [0.1, 0.15) is 25.3 Å². The summed E-state index contributed by atoms with van der Waals surface area (Å²) in [4.78, 5) is 4.74. The Labute approximate surface area is 203 Å². The molecule has 0 radical (unpaired) electrons. The summed E-state index contributed by atoms with van der Waals surface area (Å²) in [5, 5.41) is 4.72. The van der Waals surface area contributed by atoms with Gasteiger partial charge < -0.3 is 8.98 Å². The highest BCUT2D eigenvalue weighted by Crippen LogP contribution is 2.42. The Balaban J connectivity index is 1.62. The van der Waals surface area contributed by atoms with Crippen LogP contribution in [0.4, 0.5) is 0 Å². The first kappa shape index (κ1) is 20.0. The molecule has 0 saturated carbocycles. The highest BCUT2D eigenvalue weighted by Gasteiger charge is 2.20. The van der Waals surface area contributed by atoms with E-state index in [-0.39, 0.29) is 0 Å². The Morgan fingerprint density at radius 1 is 0.714 bits per heavy atom. The Hall–Kier alpha value is -4.37. The number of rotatable bonds is 3. The van der Waals surface area contributed by atoms with E-state index in [1.165, 1.54) is 27.4 Å². The first-order valence-electron chi connectivity index (χ1n) is 12.1. The molecule has 0 spiro atoms. The van der Waals surface area contributed by atoms with Gasteiger partial charge in [0.05, 0.1) is 27.8 Å². The number of nitrogens with zero attached hydrogens (tertiary/aromatic N) is 2. The zero-order valence-corrected chi connectivity index (χ0v) is 19.7. The van der Waals surface area contributed by atoms with E-state index in [0.717, 1.165) is 38.9 Å². The molecule has 3 nitrogen and oxygen atoms in total. The van der Waals surface area contributed by atoms with Gasteiger partial charge in [-0.15, -0.1) is 0 Å². The van der Waals surface area contributed by atoms with Crippen LogP contribution in [-0.4, -0.2) is 9.55 Å². The molecule has 0 aliphatic carbocycles. The van der Waals surface area contributed by atoms with E-state index >= 15 is 0 Å². The van der Waals surface area contributed by atoms with Crippen molar-refractivity contribution in [2.24, 2.45) is 0 Å². The van der Waals surface area contributed by atoms with Crippen molar-refractivity contribution in [1.29, 1.82) is 0 Å². The summed E-state index contributed by atoms with van der Waals surface area (Å²) in [5.41, 5.74) is 8.48. The molecular formula is C32H24N2O. The zero-order valence-electron chi connectivity index (χ0n) is 19.7. The predicted octanol–water partition coefficient (Wildman–Crippen LogP) is 8.87. The number of hydrogen-bond acceptors (Lipinski definition) is 2. The molecule has 7 aromatic rings. The zero-order chi connectivity index (χ0) is 23.5. The summed E-state index contributed by atoms with van der Waals surface area (Å²) in [6.07, 6.45) is 1.90. The molecule has 0 saturated heterocycles. The second-order valence-electron chi connectivity index (χ2n) is 9.43. The third kappa shape index (κ3) is 2.95. The van der Waals surface area contributed by atoms with Crippen LogP contribution in [-0.2, 0) is 0 Å². The van der Waals surface area contributed by atoms with Crippen LogP contribution in [0.15, 0.2) is 108 Å². The number of furan rings is 1. The monoisotopic (exact) mass is 452 g/mol. The SMILES string of the molecule is CC(C)c1ccnc(-c2ccc(-n3c4ccccc4c4ccccc43)c3c2oc2ccccc23)c1. The summed E-state index contributed by atoms with van der Waals surface area (Å²) in [6, 6.07) is 34.2. The molecule has 3 aromatic heterocycles. The predicted molar refractivity (Wildman–Crippen MR) is 145 cm³/mol. The third-order valence-electron chi connectivity index (χ3n) is 7.05. The first-order chi connectivity index (χ1) is 17.2. The van der Waals surface area contributed by atoms with Gasteiger partial charge in [0.25, 0.3) is 0 Å². The largest absolute Gasteiger partial charge is 0.455 e. The second kappa shape index (κ2) is 7.57. The second-order valence-corrected chi connectivity index (χ2v) is 9.43. The molecule has 0 fully saturated rings. The molecule has 0 aliphatic rings. The quantitative estimate of drug-likeness (QED) is 0.268. The normalized spacial score (nSPS) is 12.0. The van der Waals surface area contributed by atoms with Crippen molar-refractivity contribution in [1.82, 2.24) is 9.55 Å². The molecule has 0 unspecified atom stereocenters. The average molecular weight is 453 g/mol. The third-order valence-corrected chi connectivity index (χ3v) is 7.05. The van der Waals surface area contributed by atoms with Gasteiger partial charge >= 0.3 is 0 Å². The number of benzene rings is 4. The lowest BCUT2D eigenvalue weighted by Gasteiger charge is -2.12. The van der Waals surface area contributed by atoms with Crippen LogP contribution < -0.4 is 0 Å². The van der Waals surface area contributed by atoms with Crippen LogP contribution in [0.2, 0.25) is 0 Å². The van der Waals surface area contributed by atoms with Gasteiger partial charge in [0.2, 0.25) is 0 Å². The Morgan fingerprint density at radius 2 is 1.37 bits per heavy atom. The minimum absolute atomic E-state index is 0.430. The summed E-state index contributed by atoms with van der Waals surface area (Å²) in [5.74, 6) is 0.430. The maximum atomic E-state index is 6.55. The number of hydrogen-bond donors (Lipinski definition) is 0. The molecule has 0 atom stereocenters. The topological polar surface area (TPSA) is 31.0 Å². The van der Waals surface area contributed by atoms with Crippen LogP contribution in [0, 0.1) is 0 Å². The fraction of sp³-hybridized carbons (Fsp3) is 0.0938. The van der Waals surface area contributed by atoms with E-state index in [1.54, 1.807) is 0 Å². The molecule has 3 heterocycles. The van der Waals surface area contributed by atoms with Crippen molar-refractivity contribution in [2.75, 3.05) is 0 Å². The molecule has 0 bridgehead atoms. The summed E-state index contributed by atoms with van der Waals surface area (Å²) < 4.78 is 8.92. The van der Waals surface area contributed by atoms with Gasteiger partial charge in [0.1, 0.15) is 11.2 Å². The van der Waals surface area contributed by atoms with Crippen LogP contribution in [0.5, 0.6) is 0 Å². The first-order valence-corrected chi connectivity index (χ1v) is 12.1. The van der Waals surface area contributed by atoms with Crippen molar-refractivity contribution < 1.29 is 4.42 Å². The van der Waals surface area contributed by atoms with E-state index in [2.05, 4.69) is 103 Å². The highest BCUT2D eigenvalue weighted by atomic mass is 16.3. The van der Waals surface area contributed by atoms with Crippen molar-refractivity contribution in [2.45, 2.75) is 19.8 Å². The van der Waals surface area contributed by atoms with E-state index in [9.17, 15) is 0 Å². The van der Waals surface area contributed by atoms with Crippen molar-refractivity contribution >= 4 is 43.7 Å². The van der Waals surface area contributed by atoms with Crippen LogP contribution in [0.3, 0.4) is 0 Å². The number of pyridine rings is 1. The summed E-state index contributed by atoms with van der Waals surface area (Å²) >= 11 is 0. The van der Waals surface area contributed by atoms with Crippen molar-refractivity contribution in [3.05, 3.63) is 109 Å². The maximum Gasteiger partial charge on any atom is 0.146 e. The lowest BCUT2D eigenvalue weighted by atomic mass is 9.99.